The number of piperidine rings is 1. The lowest BCUT2D eigenvalue weighted by Gasteiger charge is -2.27. The van der Waals surface area contributed by atoms with E-state index in [0.29, 0.717) is 23.3 Å². The van der Waals surface area contributed by atoms with Crippen molar-refractivity contribution in [3.05, 3.63) is 76.2 Å². The number of hydrogen-bond acceptors (Lipinski definition) is 6. The van der Waals surface area contributed by atoms with E-state index in [1.165, 1.54) is 13.0 Å². The van der Waals surface area contributed by atoms with Crippen molar-refractivity contribution < 1.29 is 18.8 Å². The van der Waals surface area contributed by atoms with E-state index in [2.05, 4.69) is 20.4 Å². The van der Waals surface area contributed by atoms with Gasteiger partial charge in [-0.3, -0.25) is 19.1 Å². The van der Waals surface area contributed by atoms with E-state index < -0.39 is 11.9 Å². The van der Waals surface area contributed by atoms with Gasteiger partial charge in [-0.05, 0) is 61.4 Å². The zero-order valence-corrected chi connectivity index (χ0v) is 23.6. The van der Waals surface area contributed by atoms with Gasteiger partial charge in [-0.2, -0.15) is 5.10 Å². The van der Waals surface area contributed by atoms with E-state index in [0.717, 1.165) is 23.1 Å². The van der Waals surface area contributed by atoms with Crippen molar-refractivity contribution in [2.45, 2.75) is 46.3 Å². The fourth-order valence-corrected chi connectivity index (χ4v) is 6.05. The molecule has 2 amide bonds. The molecule has 2 fully saturated rings. The number of benzene rings is 2. The Bertz CT molecular complexity index is 1720. The zero-order chi connectivity index (χ0) is 29.0. The van der Waals surface area contributed by atoms with E-state index in [9.17, 15) is 18.8 Å². The summed E-state index contributed by atoms with van der Waals surface area (Å²) in [4.78, 5) is 49.6. The molecule has 4 aromatic rings. The van der Waals surface area contributed by atoms with Gasteiger partial charge in [-0.25, -0.2) is 14.4 Å². The number of ketones is 1. The number of nitrogens with one attached hydrogen (secondary N) is 1. The molecule has 1 saturated heterocycles. The highest BCUT2D eigenvalue weighted by Crippen LogP contribution is 2.49. The summed E-state index contributed by atoms with van der Waals surface area (Å²) in [6.45, 7) is 5.49. The Kier molecular flexibility index (Phi) is 6.81. The van der Waals surface area contributed by atoms with Crippen LogP contribution in [0.3, 0.4) is 0 Å². The molecule has 1 saturated carbocycles. The number of carbonyl (C=O) groups excluding carboxylic acids is 3. The molecule has 1 aliphatic carbocycles. The molecule has 3 atom stereocenters. The molecule has 0 unspecified atom stereocenters. The maximum Gasteiger partial charge on any atom is 0.245 e. The number of fused-ring (bicyclic) bond motifs is 2. The minimum absolute atomic E-state index is 0.0114. The average molecular weight is 575 g/mol. The SMILES string of the molecule is CC(=O)c1nn(CC(=O)N2C[C@H]3C[C@H]3[C@H]2C(=O)NCc2cccc(Cl)c2F)c2c(C)cc(-c3cnc(C)nc3)cc12. The van der Waals surface area contributed by atoms with Crippen molar-refractivity contribution in [3.8, 4) is 11.1 Å². The third-order valence-corrected chi connectivity index (χ3v) is 8.28. The number of nitrogens with zero attached hydrogens (tertiary/aromatic N) is 5. The highest BCUT2D eigenvalue weighted by Gasteiger charge is 2.56. The second-order valence-corrected chi connectivity index (χ2v) is 11.3. The summed E-state index contributed by atoms with van der Waals surface area (Å²) in [5, 5.41) is 7.96. The Balaban J connectivity index is 1.25. The summed E-state index contributed by atoms with van der Waals surface area (Å²) in [6, 6.07) is 7.82. The summed E-state index contributed by atoms with van der Waals surface area (Å²) in [5.74, 6) is -0.374. The number of carbonyl (C=O) groups is 3. The molecule has 210 valence electrons. The number of hydrogen-bond donors (Lipinski definition) is 1. The van der Waals surface area contributed by atoms with Crippen molar-refractivity contribution in [1.29, 1.82) is 0 Å². The average Bonchev–Trinajstić information content (AvgIpc) is 3.44. The molecule has 6 rings (SSSR count). The Morgan fingerprint density at radius 3 is 2.61 bits per heavy atom. The van der Waals surface area contributed by atoms with E-state index in [1.54, 1.807) is 34.1 Å². The topological polar surface area (TPSA) is 110 Å². The number of rotatable bonds is 7. The molecular weight excluding hydrogens is 547 g/mol. The number of amides is 2. The lowest BCUT2D eigenvalue weighted by atomic mass is 10.0. The third kappa shape index (κ3) is 4.97. The minimum atomic E-state index is -0.641. The van der Waals surface area contributed by atoms with Crippen LogP contribution in [0.25, 0.3) is 22.0 Å². The number of aryl methyl sites for hydroxylation is 2. The summed E-state index contributed by atoms with van der Waals surface area (Å²) in [6.07, 6.45) is 4.33. The Morgan fingerprint density at radius 2 is 1.88 bits per heavy atom. The standard InChI is InChI=1S/C30H28ClFN6O3/c1-15-7-19(21-11-33-17(3)34-12-21)8-23-27(16(2)39)36-38(28(15)23)14-25(40)37-13-20-9-22(20)29(37)30(41)35-10-18-5-4-6-24(31)26(18)32/h4-8,11-12,20,22,29H,9-10,13-14H2,1-3H3,(H,35,41)/t20-,22-,29+/m1/s1. The van der Waals surface area contributed by atoms with E-state index in [4.69, 9.17) is 11.6 Å². The van der Waals surface area contributed by atoms with E-state index >= 15 is 0 Å². The van der Waals surface area contributed by atoms with Gasteiger partial charge in [0.25, 0.3) is 0 Å². The normalized spacial score (nSPS) is 19.3. The molecule has 11 heteroatoms. The first-order valence-corrected chi connectivity index (χ1v) is 13.8. The first-order valence-electron chi connectivity index (χ1n) is 13.4. The van der Waals surface area contributed by atoms with Crippen LogP contribution in [0.4, 0.5) is 4.39 Å². The third-order valence-electron chi connectivity index (χ3n) is 7.99. The second kappa shape index (κ2) is 10.3. The van der Waals surface area contributed by atoms with E-state index in [1.807, 2.05) is 26.0 Å². The predicted molar refractivity (Wildman–Crippen MR) is 151 cm³/mol. The molecule has 2 aromatic heterocycles. The Morgan fingerprint density at radius 1 is 1.12 bits per heavy atom. The molecule has 9 nitrogen and oxygen atoms in total. The largest absolute Gasteiger partial charge is 0.350 e. The molecule has 0 radical (unpaired) electrons. The van der Waals surface area contributed by atoms with Gasteiger partial charge in [-0.15, -0.1) is 0 Å². The van der Waals surface area contributed by atoms with Gasteiger partial charge in [0.2, 0.25) is 11.8 Å². The van der Waals surface area contributed by atoms with Gasteiger partial charge in [-0.1, -0.05) is 23.7 Å². The van der Waals surface area contributed by atoms with Crippen LogP contribution in [-0.2, 0) is 22.7 Å². The van der Waals surface area contributed by atoms with Gasteiger partial charge >= 0.3 is 0 Å². The summed E-state index contributed by atoms with van der Waals surface area (Å²) in [5.41, 5.74) is 3.72. The van der Waals surface area contributed by atoms with Crippen molar-refractivity contribution in [2.24, 2.45) is 11.8 Å². The van der Waals surface area contributed by atoms with Crippen molar-refractivity contribution in [3.63, 3.8) is 0 Å². The highest BCUT2D eigenvalue weighted by molar-refractivity contribution is 6.30. The second-order valence-electron chi connectivity index (χ2n) is 10.9. The van der Waals surface area contributed by atoms with Crippen LogP contribution in [0.5, 0.6) is 0 Å². The Labute approximate surface area is 240 Å². The van der Waals surface area contributed by atoms with Gasteiger partial charge in [0, 0.05) is 48.9 Å². The number of aromatic nitrogens is 4. The monoisotopic (exact) mass is 574 g/mol. The maximum absolute atomic E-state index is 14.3. The lowest BCUT2D eigenvalue weighted by molar-refractivity contribution is -0.140. The first kappa shape index (κ1) is 27.0. The van der Waals surface area contributed by atoms with Crippen molar-refractivity contribution in [1.82, 2.24) is 30.0 Å². The molecule has 0 spiro atoms. The molecule has 1 N–H and O–H groups in total. The quantitative estimate of drug-likeness (QED) is 0.330. The van der Waals surface area contributed by atoms with Crippen LogP contribution < -0.4 is 5.32 Å². The van der Waals surface area contributed by atoms with Gasteiger partial charge < -0.3 is 10.2 Å². The summed E-state index contributed by atoms with van der Waals surface area (Å²) >= 11 is 5.87. The maximum atomic E-state index is 14.3. The molecule has 0 bridgehead atoms. The lowest BCUT2D eigenvalue weighted by Crippen LogP contribution is -2.49. The number of likely N-dealkylation sites (tertiary alicyclic amines) is 1. The van der Waals surface area contributed by atoms with Gasteiger partial charge in [0.1, 0.15) is 29.9 Å². The minimum Gasteiger partial charge on any atom is -0.350 e. The molecule has 2 aromatic carbocycles. The Hall–Kier alpha value is -4.18. The number of Topliss-reactive ketones (excluding diaryl/α,β-unsaturated/α-hetero) is 1. The first-order chi connectivity index (χ1) is 19.6. The predicted octanol–water partition coefficient (Wildman–Crippen LogP) is 4.27. The van der Waals surface area contributed by atoms with Crippen LogP contribution in [-0.4, -0.2) is 54.8 Å². The van der Waals surface area contributed by atoms with Crippen molar-refractivity contribution in [2.75, 3.05) is 6.54 Å². The molecular formula is C30H28ClFN6O3. The number of halogens is 2. The van der Waals surface area contributed by atoms with Gasteiger partial charge in [0.05, 0.1) is 10.5 Å². The zero-order valence-electron chi connectivity index (χ0n) is 22.8. The molecule has 3 heterocycles. The fraction of sp³-hybridized carbons (Fsp3) is 0.333. The summed E-state index contributed by atoms with van der Waals surface area (Å²) in [7, 11) is 0. The molecule has 41 heavy (non-hydrogen) atoms. The van der Waals surface area contributed by atoms with Crippen LogP contribution in [0.15, 0.2) is 42.7 Å². The van der Waals surface area contributed by atoms with Crippen LogP contribution in [0.1, 0.15) is 40.8 Å². The van der Waals surface area contributed by atoms with Crippen molar-refractivity contribution >= 4 is 40.1 Å². The smallest absolute Gasteiger partial charge is 0.245 e. The van der Waals surface area contributed by atoms with E-state index in [-0.39, 0.29) is 58.8 Å². The highest BCUT2D eigenvalue weighted by atomic mass is 35.5. The van der Waals surface area contributed by atoms with Crippen LogP contribution >= 0.6 is 11.6 Å². The van der Waals surface area contributed by atoms with Crippen LogP contribution in [0, 0.1) is 31.5 Å². The molecule has 2 aliphatic rings. The van der Waals surface area contributed by atoms with Gasteiger partial charge in [0.15, 0.2) is 5.78 Å². The summed E-state index contributed by atoms with van der Waals surface area (Å²) < 4.78 is 15.9. The van der Waals surface area contributed by atoms with Crippen LogP contribution in [0.2, 0.25) is 5.02 Å². The molecule has 1 aliphatic heterocycles. The fourth-order valence-electron chi connectivity index (χ4n) is 5.86.